The molecule has 0 unspecified atom stereocenters. The number of pyridine rings is 1. The molecule has 10 heteroatoms. The lowest BCUT2D eigenvalue weighted by molar-refractivity contribution is 0.102. The maximum absolute atomic E-state index is 15.6. The van der Waals surface area contributed by atoms with E-state index in [0.29, 0.717) is 34.6 Å². The second-order valence-corrected chi connectivity index (χ2v) is 9.85. The number of nitrogens with zero attached hydrogens (tertiary/aromatic N) is 5. The van der Waals surface area contributed by atoms with E-state index >= 15 is 4.39 Å². The van der Waals surface area contributed by atoms with Crippen molar-refractivity contribution in [1.82, 2.24) is 24.7 Å². The van der Waals surface area contributed by atoms with E-state index in [0.717, 1.165) is 42.7 Å². The maximum Gasteiger partial charge on any atom is 0.261 e. The third-order valence-electron chi connectivity index (χ3n) is 7.13. The van der Waals surface area contributed by atoms with Crippen molar-refractivity contribution >= 4 is 33.7 Å². The molecule has 1 saturated carbocycles. The second kappa shape index (κ2) is 8.77. The van der Waals surface area contributed by atoms with E-state index in [1.54, 1.807) is 28.5 Å². The summed E-state index contributed by atoms with van der Waals surface area (Å²) in [6.07, 6.45) is 8.16. The maximum atomic E-state index is 15.6. The highest BCUT2D eigenvalue weighted by Gasteiger charge is 2.29. The van der Waals surface area contributed by atoms with Crippen LogP contribution in [-0.4, -0.2) is 57.6 Å². The van der Waals surface area contributed by atoms with Gasteiger partial charge in [-0.25, -0.2) is 8.91 Å². The number of amides is 1. The van der Waals surface area contributed by atoms with Crippen LogP contribution in [0.3, 0.4) is 0 Å². The molecule has 0 radical (unpaired) electrons. The molecule has 1 aliphatic heterocycles. The van der Waals surface area contributed by atoms with Gasteiger partial charge in [-0.05, 0) is 50.8 Å². The number of aromatic nitrogens is 4. The molecule has 188 valence electrons. The molecule has 2 fully saturated rings. The number of carbonyl (C=O) groups excluding carboxylic acids is 1. The molecule has 4 heterocycles. The highest BCUT2D eigenvalue weighted by atomic mass is 19.1. The number of hydrogen-bond acceptors (Lipinski definition) is 6. The number of rotatable bonds is 6. The number of nitrogens with one attached hydrogen (secondary N) is 2. The number of carbonyl (C=O) groups is 1. The summed E-state index contributed by atoms with van der Waals surface area (Å²) in [6.45, 7) is 3.55. The van der Waals surface area contributed by atoms with Crippen LogP contribution in [0.15, 0.2) is 30.6 Å². The van der Waals surface area contributed by atoms with Crippen LogP contribution in [-0.2, 0) is 7.05 Å². The van der Waals surface area contributed by atoms with Crippen LogP contribution in [0.5, 0.6) is 5.75 Å². The van der Waals surface area contributed by atoms with Gasteiger partial charge in [-0.2, -0.15) is 10.2 Å². The number of anilines is 2. The van der Waals surface area contributed by atoms with Crippen molar-refractivity contribution in [3.05, 3.63) is 47.7 Å². The van der Waals surface area contributed by atoms with E-state index < -0.39 is 11.7 Å². The van der Waals surface area contributed by atoms with Crippen molar-refractivity contribution in [2.75, 3.05) is 30.4 Å². The lowest BCUT2D eigenvalue weighted by Crippen LogP contribution is -2.43. The zero-order chi connectivity index (χ0) is 25.0. The summed E-state index contributed by atoms with van der Waals surface area (Å²) >= 11 is 0. The molecular weight excluding hydrogens is 461 g/mol. The molecule has 4 aromatic rings. The fourth-order valence-corrected chi connectivity index (χ4v) is 5.25. The van der Waals surface area contributed by atoms with Gasteiger partial charge in [-0.15, -0.1) is 0 Å². The first-order valence-electron chi connectivity index (χ1n) is 12.4. The Balaban J connectivity index is 1.31. The molecular formula is C26H30FN7O2. The fraction of sp³-hybridized carbons (Fsp3) is 0.423. The summed E-state index contributed by atoms with van der Waals surface area (Å²) < 4.78 is 24.5. The Morgan fingerprint density at radius 1 is 1.14 bits per heavy atom. The number of benzene rings is 1. The zero-order valence-electron chi connectivity index (χ0n) is 20.7. The van der Waals surface area contributed by atoms with E-state index in [9.17, 15) is 4.79 Å². The fourth-order valence-electron chi connectivity index (χ4n) is 5.25. The molecule has 0 atom stereocenters. The topological polar surface area (TPSA) is 88.7 Å². The van der Waals surface area contributed by atoms with E-state index in [4.69, 9.17) is 4.74 Å². The second-order valence-electron chi connectivity index (χ2n) is 9.85. The van der Waals surface area contributed by atoms with Crippen molar-refractivity contribution in [2.24, 2.45) is 7.05 Å². The third kappa shape index (κ3) is 4.05. The highest BCUT2D eigenvalue weighted by Crippen LogP contribution is 2.35. The van der Waals surface area contributed by atoms with Gasteiger partial charge in [-0.3, -0.25) is 9.48 Å². The molecule has 0 spiro atoms. The normalized spacial score (nSPS) is 16.7. The Morgan fingerprint density at radius 2 is 1.89 bits per heavy atom. The number of halogens is 1. The molecule has 1 aliphatic carbocycles. The molecule has 3 aromatic heterocycles. The van der Waals surface area contributed by atoms with Crippen LogP contribution >= 0.6 is 0 Å². The molecule has 6 rings (SSSR count). The number of hydrogen-bond donors (Lipinski definition) is 2. The lowest BCUT2D eigenvalue weighted by Gasteiger charge is -2.34. The molecule has 1 saturated heterocycles. The monoisotopic (exact) mass is 491 g/mol. The van der Waals surface area contributed by atoms with Crippen LogP contribution in [0, 0.1) is 12.7 Å². The van der Waals surface area contributed by atoms with Crippen molar-refractivity contribution in [3.8, 4) is 5.75 Å². The first-order chi connectivity index (χ1) is 17.4. The highest BCUT2D eigenvalue weighted by molar-refractivity contribution is 6.14. The van der Waals surface area contributed by atoms with Gasteiger partial charge in [0, 0.05) is 50.0 Å². The van der Waals surface area contributed by atoms with Gasteiger partial charge in [0.1, 0.15) is 22.4 Å². The Bertz CT molecular complexity index is 1460. The third-order valence-corrected chi connectivity index (χ3v) is 7.13. The molecule has 2 N–H and O–H groups in total. The zero-order valence-corrected chi connectivity index (χ0v) is 20.7. The Hall–Kier alpha value is -3.66. The Labute approximate surface area is 208 Å². The number of piperidine rings is 1. The van der Waals surface area contributed by atoms with Crippen molar-refractivity contribution < 1.29 is 13.9 Å². The minimum Gasteiger partial charge on any atom is -0.492 e. The molecule has 36 heavy (non-hydrogen) atoms. The number of fused-ring (bicyclic) bond motifs is 2. The summed E-state index contributed by atoms with van der Waals surface area (Å²) in [4.78, 5) is 15.6. The number of aryl methyl sites for hydroxylation is 2. The predicted octanol–water partition coefficient (Wildman–Crippen LogP) is 3.65. The van der Waals surface area contributed by atoms with Crippen molar-refractivity contribution in [2.45, 2.75) is 44.7 Å². The van der Waals surface area contributed by atoms with E-state index in [2.05, 4.69) is 25.7 Å². The van der Waals surface area contributed by atoms with E-state index in [-0.39, 0.29) is 5.56 Å². The summed E-state index contributed by atoms with van der Waals surface area (Å²) in [5.74, 6) is -0.704. The van der Waals surface area contributed by atoms with Gasteiger partial charge in [0.05, 0.1) is 24.2 Å². The molecule has 1 amide bonds. The lowest BCUT2D eigenvalue weighted by atomic mass is 10.0. The van der Waals surface area contributed by atoms with Crippen LogP contribution < -0.4 is 20.3 Å². The summed E-state index contributed by atoms with van der Waals surface area (Å²) in [6, 6.07) is 6.23. The van der Waals surface area contributed by atoms with Gasteiger partial charge < -0.3 is 20.3 Å². The standard InChI is InChI=1S/C26H30FN7O2/c1-15-12-22-25(36-3)20(8-11-34(22)30-15)29-26(35)23-19(27)13-21(18-14-32(2)31-24(18)23)33-9-6-17(7-10-33)28-16-4-5-16/h8,11-14,16-17,28H,4-7,9-10H2,1-3H3,(H,29,35). The van der Waals surface area contributed by atoms with Gasteiger partial charge in [0.25, 0.3) is 5.91 Å². The van der Waals surface area contributed by atoms with Gasteiger partial charge in [0.2, 0.25) is 0 Å². The van der Waals surface area contributed by atoms with E-state index in [1.807, 2.05) is 19.2 Å². The van der Waals surface area contributed by atoms with Gasteiger partial charge >= 0.3 is 0 Å². The minimum atomic E-state index is -0.591. The summed E-state index contributed by atoms with van der Waals surface area (Å²) in [7, 11) is 3.32. The minimum absolute atomic E-state index is 0.0775. The van der Waals surface area contributed by atoms with Crippen molar-refractivity contribution in [3.63, 3.8) is 0 Å². The van der Waals surface area contributed by atoms with Crippen LogP contribution in [0.2, 0.25) is 0 Å². The largest absolute Gasteiger partial charge is 0.492 e. The van der Waals surface area contributed by atoms with E-state index in [1.165, 1.54) is 26.0 Å². The summed E-state index contributed by atoms with van der Waals surface area (Å²) in [5.41, 5.74) is 3.03. The smallest absolute Gasteiger partial charge is 0.261 e. The van der Waals surface area contributed by atoms with Crippen LogP contribution in [0.1, 0.15) is 41.7 Å². The quantitative estimate of drug-likeness (QED) is 0.428. The molecule has 9 nitrogen and oxygen atoms in total. The first kappa shape index (κ1) is 22.8. The Kier molecular flexibility index (Phi) is 5.55. The first-order valence-corrected chi connectivity index (χ1v) is 12.4. The molecule has 2 aliphatic rings. The van der Waals surface area contributed by atoms with Gasteiger partial charge in [-0.1, -0.05) is 0 Å². The molecule has 0 bridgehead atoms. The number of ether oxygens (including phenoxy) is 1. The van der Waals surface area contributed by atoms with Crippen molar-refractivity contribution in [1.29, 1.82) is 0 Å². The average Bonchev–Trinajstić information content (AvgIpc) is 3.45. The van der Waals surface area contributed by atoms with Crippen LogP contribution in [0.25, 0.3) is 16.4 Å². The van der Waals surface area contributed by atoms with Gasteiger partial charge in [0.15, 0.2) is 5.75 Å². The summed E-state index contributed by atoms with van der Waals surface area (Å²) in [5, 5.41) is 16.2. The predicted molar refractivity (Wildman–Crippen MR) is 136 cm³/mol. The Morgan fingerprint density at radius 3 is 2.61 bits per heavy atom. The van der Waals surface area contributed by atoms with Crippen LogP contribution in [0.4, 0.5) is 15.8 Å². The molecule has 1 aromatic carbocycles. The number of methoxy groups -OCH3 is 1. The average molecular weight is 492 g/mol. The SMILES string of the molecule is COc1c(NC(=O)c2c(F)cc(N3CCC(NC4CC4)CC3)c3cn(C)nc23)ccn2nc(C)cc12.